The van der Waals surface area contributed by atoms with Gasteiger partial charge in [0.2, 0.25) is 0 Å². The van der Waals surface area contributed by atoms with Crippen molar-refractivity contribution in [1.82, 2.24) is 0 Å². The van der Waals surface area contributed by atoms with E-state index in [-0.39, 0.29) is 20.4 Å². The Bertz CT molecular complexity index is 141. The Morgan fingerprint density at radius 3 is 0.800 bits per heavy atom. The van der Waals surface area contributed by atoms with E-state index in [0.717, 1.165) is 0 Å². The van der Waals surface area contributed by atoms with Gasteiger partial charge in [-0.3, -0.25) is 0 Å². The van der Waals surface area contributed by atoms with E-state index >= 15 is 0 Å². The second-order valence-electron chi connectivity index (χ2n) is 0.238. The standard InChI is InChI=1S/5CO.HNO3.Re/c5*1-2;2-1(3)4;/h;;;;;(H,2,3,4);. The van der Waals surface area contributed by atoms with E-state index < -0.39 is 5.09 Å². The summed E-state index contributed by atoms with van der Waals surface area (Å²) >= 11 is 0. The average Bonchev–Trinajstić information content (AvgIpc) is 2.30. The van der Waals surface area contributed by atoms with Crippen LogP contribution in [0.25, 0.3) is 0 Å². The molecule has 0 rings (SSSR count). The van der Waals surface area contributed by atoms with E-state index in [0.29, 0.717) is 0 Å². The molecule has 0 spiro atoms. The predicted molar refractivity (Wildman–Crippen MR) is 28.4 cm³/mol. The Hall–Kier alpha value is -1.44. The Morgan fingerprint density at radius 2 is 0.800 bits per heavy atom. The van der Waals surface area contributed by atoms with Crippen molar-refractivity contribution in [2.24, 2.45) is 0 Å². The minimum absolute atomic E-state index is 0. The van der Waals surface area contributed by atoms with E-state index in [1.54, 1.807) is 0 Å². The minimum atomic E-state index is -1.50. The van der Waals surface area contributed by atoms with Crippen LogP contribution in [0.2, 0.25) is 0 Å². The van der Waals surface area contributed by atoms with Crippen LogP contribution in [-0.2, 0) is 43.7 Å². The summed E-state index contributed by atoms with van der Waals surface area (Å²) in [7, 11) is 0. The molecule has 0 fully saturated rings. The molecule has 0 amide bonds. The van der Waals surface area contributed by atoms with Crippen molar-refractivity contribution in [1.29, 1.82) is 0 Å². The zero-order valence-electron chi connectivity index (χ0n) is 6.63. The molecule has 81 valence electrons. The SMILES string of the molecule is O=[N+]([O-])O.[C-]#[O+].[C-]#[O+].[C-]#[O+].[C-]#[O+].[C-]#[O+].[Re]. The topological polar surface area (TPSA) is 163 Å². The first-order chi connectivity index (χ1) is 6.73. The van der Waals surface area contributed by atoms with E-state index in [1.165, 1.54) is 0 Å². The molecule has 0 heterocycles. The molecule has 0 aliphatic heterocycles. The van der Waals surface area contributed by atoms with Crippen molar-refractivity contribution >= 4 is 0 Å². The summed E-state index contributed by atoms with van der Waals surface area (Å²) in [6.07, 6.45) is 0. The zero-order valence-corrected chi connectivity index (χ0v) is 9.35. The van der Waals surface area contributed by atoms with Crippen molar-refractivity contribution in [2.45, 2.75) is 0 Å². The van der Waals surface area contributed by atoms with Crippen LogP contribution < -0.4 is 0 Å². The van der Waals surface area contributed by atoms with Crippen LogP contribution in [0.4, 0.5) is 0 Å². The molecule has 0 aromatic rings. The quantitative estimate of drug-likeness (QED) is 0.255. The molecule has 0 aromatic carbocycles. The van der Waals surface area contributed by atoms with Crippen LogP contribution in [0.5, 0.6) is 0 Å². The summed E-state index contributed by atoms with van der Waals surface area (Å²) in [5, 5.41) is 13.6. The smallest absolute Gasteiger partial charge is 0 e. The maximum Gasteiger partial charge on any atom is 0 e. The summed E-state index contributed by atoms with van der Waals surface area (Å²) in [6, 6.07) is 0. The maximum absolute atomic E-state index is 8.36. The van der Waals surface area contributed by atoms with Crippen molar-refractivity contribution in [3.05, 3.63) is 43.4 Å². The van der Waals surface area contributed by atoms with Gasteiger partial charge in [-0.25, -0.2) is 0 Å². The predicted octanol–water partition coefficient (Wildman–Crippen LogP) is -0.538. The monoisotopic (exact) mass is 390 g/mol. The first-order valence-corrected chi connectivity index (χ1v) is 1.59. The van der Waals surface area contributed by atoms with Crippen LogP contribution in [0.1, 0.15) is 0 Å². The van der Waals surface area contributed by atoms with Crippen molar-refractivity contribution in [3.63, 3.8) is 0 Å². The summed E-state index contributed by atoms with van der Waals surface area (Å²) < 4.78 is 37.5. The number of hydrogen-bond acceptors (Lipinski definition) is 2. The summed E-state index contributed by atoms with van der Waals surface area (Å²) in [6.45, 7) is 22.5. The van der Waals surface area contributed by atoms with Crippen LogP contribution in [-0.4, -0.2) is 10.3 Å². The van der Waals surface area contributed by atoms with Gasteiger partial charge in [0.25, 0.3) is 5.09 Å². The van der Waals surface area contributed by atoms with E-state index in [4.69, 9.17) is 38.6 Å². The molecule has 0 atom stereocenters. The fourth-order valence-electron chi connectivity index (χ4n) is 0. The third-order valence-electron chi connectivity index (χ3n) is 0. The first-order valence-electron chi connectivity index (χ1n) is 1.59. The summed E-state index contributed by atoms with van der Waals surface area (Å²) in [5.74, 6) is 0. The van der Waals surface area contributed by atoms with Gasteiger partial charge >= 0.3 is 56.5 Å². The first kappa shape index (κ1) is 49.7. The summed E-state index contributed by atoms with van der Waals surface area (Å²) in [5.41, 5.74) is 0. The maximum atomic E-state index is 8.36. The van der Waals surface area contributed by atoms with Gasteiger partial charge in [-0.15, -0.1) is 10.1 Å². The van der Waals surface area contributed by atoms with E-state index in [9.17, 15) is 0 Å². The van der Waals surface area contributed by atoms with Crippen molar-refractivity contribution in [3.8, 4) is 0 Å². The Kier molecular flexibility index (Phi) is 2280. The third kappa shape index (κ3) is 678. The van der Waals surface area contributed by atoms with Gasteiger partial charge in [0.1, 0.15) is 0 Å². The summed E-state index contributed by atoms with van der Waals surface area (Å²) in [4.78, 5) is 8.36. The molecule has 0 aliphatic carbocycles. The van der Waals surface area contributed by atoms with Crippen molar-refractivity contribution < 1.29 is 54.0 Å². The molecule has 10 heteroatoms. The molecule has 0 saturated heterocycles. The molecule has 0 aromatic heterocycles. The van der Waals surface area contributed by atoms with Crippen LogP contribution in [0.15, 0.2) is 0 Å². The molecule has 9 nitrogen and oxygen atoms in total. The zero-order chi connectivity index (χ0) is 13.6. The second-order valence-corrected chi connectivity index (χ2v) is 0.238. The largest absolute Gasteiger partial charge is 0 e. The molecule has 0 saturated carbocycles. The van der Waals surface area contributed by atoms with Gasteiger partial charge in [0.15, 0.2) is 0 Å². The van der Waals surface area contributed by atoms with E-state index in [2.05, 4.69) is 33.3 Å². The average molecular weight is 389 g/mol. The van der Waals surface area contributed by atoms with Crippen LogP contribution >= 0.6 is 0 Å². The van der Waals surface area contributed by atoms with Gasteiger partial charge in [-0.05, 0) is 0 Å². The van der Waals surface area contributed by atoms with E-state index in [1.807, 2.05) is 0 Å². The van der Waals surface area contributed by atoms with Crippen LogP contribution in [0.3, 0.4) is 0 Å². The molecule has 0 unspecified atom stereocenters. The second kappa shape index (κ2) is 688. The van der Waals surface area contributed by atoms with Gasteiger partial charge in [0.05, 0.1) is 0 Å². The number of hydrogen-bond donors (Lipinski definition) is 1. The third-order valence-corrected chi connectivity index (χ3v) is 0. The fraction of sp³-hybridized carbons (Fsp3) is 0. The van der Waals surface area contributed by atoms with Gasteiger partial charge in [0, 0.05) is 20.4 Å². The van der Waals surface area contributed by atoms with Gasteiger partial charge < -0.3 is 5.21 Å². The Morgan fingerprint density at radius 1 is 0.800 bits per heavy atom. The Labute approximate surface area is 97.8 Å². The molecule has 1 N–H and O–H groups in total. The molecule has 15 heavy (non-hydrogen) atoms. The fourth-order valence-corrected chi connectivity index (χ4v) is 0. The van der Waals surface area contributed by atoms with Crippen LogP contribution in [0, 0.1) is 43.4 Å². The van der Waals surface area contributed by atoms with Gasteiger partial charge in [-0.2, -0.15) is 0 Å². The normalized spacial score (nSPS) is 2.27. The molecular formula is C5HNO8Re. The number of rotatable bonds is 0. The number of nitrogens with zero attached hydrogens (tertiary/aromatic N) is 1. The molecule has 0 aliphatic rings. The Balaban J connectivity index is -0.0000000105. The molecule has 1 radical (unpaired) electrons. The molecular weight excluding hydrogens is 388 g/mol. The minimum Gasteiger partial charge on any atom is 0 e. The molecule has 0 bridgehead atoms. The van der Waals surface area contributed by atoms with Gasteiger partial charge in [-0.1, -0.05) is 0 Å². The van der Waals surface area contributed by atoms with Crippen molar-refractivity contribution in [2.75, 3.05) is 0 Å².